The molecule has 0 radical (unpaired) electrons. The number of fused-ring (bicyclic) bond motifs is 1. The standard InChI is InChI=1S/C20H21NO6/c1-26-20(25)16-7-14-8-18(23)19(24)9-15(14)17(21(16)12-22)11-27-10-13-5-3-2-4-6-13/h2-6,8-9,12,16-17,23-24H,7,10-11H2,1H3. The van der Waals surface area contributed by atoms with Gasteiger partial charge in [-0.1, -0.05) is 30.3 Å². The third-order valence-electron chi connectivity index (χ3n) is 4.71. The Hall–Kier alpha value is -3.06. The number of phenolic OH excluding ortho intramolecular Hbond substituents is 2. The Balaban J connectivity index is 1.88. The molecule has 142 valence electrons. The van der Waals surface area contributed by atoms with E-state index in [0.717, 1.165) is 5.56 Å². The topological polar surface area (TPSA) is 96.3 Å². The summed E-state index contributed by atoms with van der Waals surface area (Å²) in [5.41, 5.74) is 2.27. The van der Waals surface area contributed by atoms with E-state index in [2.05, 4.69) is 0 Å². The van der Waals surface area contributed by atoms with Crippen molar-refractivity contribution in [2.24, 2.45) is 0 Å². The lowest BCUT2D eigenvalue weighted by atomic mass is 9.88. The lowest BCUT2D eigenvalue weighted by molar-refractivity contribution is -0.152. The SMILES string of the molecule is COC(=O)C1Cc2cc(O)c(O)cc2C(COCc2ccccc2)N1C=O. The molecule has 1 amide bonds. The van der Waals surface area contributed by atoms with Crippen molar-refractivity contribution in [1.29, 1.82) is 0 Å². The third-order valence-corrected chi connectivity index (χ3v) is 4.71. The molecule has 0 aromatic heterocycles. The number of esters is 1. The Morgan fingerprint density at radius 3 is 2.59 bits per heavy atom. The smallest absolute Gasteiger partial charge is 0.328 e. The van der Waals surface area contributed by atoms with Crippen LogP contribution in [-0.2, 0) is 32.1 Å². The van der Waals surface area contributed by atoms with Crippen LogP contribution in [0.15, 0.2) is 42.5 Å². The second-order valence-corrected chi connectivity index (χ2v) is 6.35. The van der Waals surface area contributed by atoms with E-state index in [1.54, 1.807) is 0 Å². The molecule has 2 atom stereocenters. The molecule has 2 aromatic rings. The molecular formula is C20H21NO6. The van der Waals surface area contributed by atoms with Gasteiger partial charge in [0.1, 0.15) is 6.04 Å². The van der Waals surface area contributed by atoms with E-state index in [4.69, 9.17) is 9.47 Å². The molecule has 1 heterocycles. The van der Waals surface area contributed by atoms with Crippen LogP contribution < -0.4 is 0 Å². The molecule has 1 aliphatic heterocycles. The summed E-state index contributed by atoms with van der Waals surface area (Å²) < 4.78 is 10.6. The van der Waals surface area contributed by atoms with Crippen molar-refractivity contribution in [3.8, 4) is 11.5 Å². The molecule has 2 N–H and O–H groups in total. The first kappa shape index (κ1) is 18.7. The molecule has 0 fully saturated rings. The van der Waals surface area contributed by atoms with E-state index >= 15 is 0 Å². The van der Waals surface area contributed by atoms with Crippen molar-refractivity contribution in [1.82, 2.24) is 4.90 Å². The fourth-order valence-corrected chi connectivity index (χ4v) is 3.34. The van der Waals surface area contributed by atoms with E-state index in [9.17, 15) is 19.8 Å². The third kappa shape index (κ3) is 3.88. The average Bonchev–Trinajstić information content (AvgIpc) is 2.69. The van der Waals surface area contributed by atoms with Crippen molar-refractivity contribution in [3.05, 3.63) is 59.2 Å². The first-order valence-corrected chi connectivity index (χ1v) is 8.52. The van der Waals surface area contributed by atoms with Gasteiger partial charge in [-0.3, -0.25) is 4.79 Å². The maximum atomic E-state index is 12.2. The van der Waals surface area contributed by atoms with E-state index < -0.39 is 18.1 Å². The van der Waals surface area contributed by atoms with Gasteiger partial charge in [-0.15, -0.1) is 0 Å². The van der Waals surface area contributed by atoms with Crippen LogP contribution in [0.1, 0.15) is 22.7 Å². The van der Waals surface area contributed by atoms with E-state index in [-0.39, 0.29) is 24.5 Å². The molecule has 0 saturated heterocycles. The van der Waals surface area contributed by atoms with Crippen LogP contribution in [0, 0.1) is 0 Å². The van der Waals surface area contributed by atoms with Crippen molar-refractivity contribution < 1.29 is 29.3 Å². The van der Waals surface area contributed by atoms with Crippen molar-refractivity contribution in [2.75, 3.05) is 13.7 Å². The number of carbonyl (C=O) groups excluding carboxylic acids is 2. The first-order valence-electron chi connectivity index (χ1n) is 8.52. The number of ether oxygens (including phenoxy) is 2. The fourth-order valence-electron chi connectivity index (χ4n) is 3.34. The van der Waals surface area contributed by atoms with Crippen LogP contribution in [0.4, 0.5) is 0 Å². The molecule has 1 aliphatic rings. The van der Waals surface area contributed by atoms with Crippen LogP contribution in [0.5, 0.6) is 11.5 Å². The quantitative estimate of drug-likeness (QED) is 0.457. The zero-order chi connectivity index (χ0) is 19.4. The van der Waals surface area contributed by atoms with Gasteiger partial charge in [-0.2, -0.15) is 0 Å². The monoisotopic (exact) mass is 371 g/mol. The van der Waals surface area contributed by atoms with E-state index in [0.29, 0.717) is 24.1 Å². The van der Waals surface area contributed by atoms with Gasteiger partial charge in [-0.05, 0) is 28.8 Å². The highest BCUT2D eigenvalue weighted by Gasteiger charge is 2.39. The molecule has 0 spiro atoms. The van der Waals surface area contributed by atoms with Crippen LogP contribution in [0.2, 0.25) is 0 Å². The largest absolute Gasteiger partial charge is 0.504 e. The first-order chi connectivity index (χ1) is 13.0. The fraction of sp³-hybridized carbons (Fsp3) is 0.300. The van der Waals surface area contributed by atoms with Crippen molar-refractivity contribution in [2.45, 2.75) is 25.1 Å². The highest BCUT2D eigenvalue weighted by Crippen LogP contribution is 2.39. The number of nitrogens with zero attached hydrogens (tertiary/aromatic N) is 1. The van der Waals surface area contributed by atoms with Crippen molar-refractivity contribution in [3.63, 3.8) is 0 Å². The van der Waals surface area contributed by atoms with Gasteiger partial charge < -0.3 is 24.6 Å². The van der Waals surface area contributed by atoms with Gasteiger partial charge in [0.25, 0.3) is 0 Å². The summed E-state index contributed by atoms with van der Waals surface area (Å²) in [5.74, 6) is -1.11. The summed E-state index contributed by atoms with van der Waals surface area (Å²) in [5, 5.41) is 19.7. The summed E-state index contributed by atoms with van der Waals surface area (Å²) >= 11 is 0. The van der Waals surface area contributed by atoms with Gasteiger partial charge in [-0.25, -0.2) is 4.79 Å². The maximum absolute atomic E-state index is 12.2. The van der Waals surface area contributed by atoms with Crippen molar-refractivity contribution >= 4 is 12.4 Å². The lowest BCUT2D eigenvalue weighted by Crippen LogP contribution is -2.49. The Bertz CT molecular complexity index is 823. The molecule has 7 nitrogen and oxygen atoms in total. The molecule has 7 heteroatoms. The molecule has 2 aromatic carbocycles. The lowest BCUT2D eigenvalue weighted by Gasteiger charge is -2.39. The van der Waals surface area contributed by atoms with Crippen LogP contribution >= 0.6 is 0 Å². The van der Waals surface area contributed by atoms with Gasteiger partial charge in [0.15, 0.2) is 11.5 Å². The minimum Gasteiger partial charge on any atom is -0.504 e. The number of methoxy groups -OCH3 is 1. The number of hydrogen-bond donors (Lipinski definition) is 2. The predicted molar refractivity (Wildman–Crippen MR) is 96.0 cm³/mol. The Morgan fingerprint density at radius 1 is 1.22 bits per heavy atom. The summed E-state index contributed by atoms with van der Waals surface area (Å²) in [6.07, 6.45) is 0.773. The molecule has 2 unspecified atom stereocenters. The number of benzene rings is 2. The van der Waals surface area contributed by atoms with Gasteiger partial charge in [0.2, 0.25) is 6.41 Å². The van der Waals surface area contributed by atoms with Crippen LogP contribution in [0.3, 0.4) is 0 Å². The van der Waals surface area contributed by atoms with Crippen LogP contribution in [-0.4, -0.2) is 47.3 Å². The number of hydrogen-bond acceptors (Lipinski definition) is 6. The zero-order valence-corrected chi connectivity index (χ0v) is 14.9. The number of carbonyl (C=O) groups is 2. The molecule has 3 rings (SSSR count). The highest BCUT2D eigenvalue weighted by molar-refractivity contribution is 5.79. The summed E-state index contributed by atoms with van der Waals surface area (Å²) in [4.78, 5) is 25.3. The minimum atomic E-state index is -0.825. The molecule has 0 bridgehead atoms. The van der Waals surface area contributed by atoms with Gasteiger partial charge >= 0.3 is 5.97 Å². The van der Waals surface area contributed by atoms with Gasteiger partial charge in [0, 0.05) is 6.42 Å². The summed E-state index contributed by atoms with van der Waals surface area (Å²) in [6, 6.07) is 11.0. The highest BCUT2D eigenvalue weighted by atomic mass is 16.5. The molecule has 0 saturated carbocycles. The second-order valence-electron chi connectivity index (χ2n) is 6.35. The molecule has 0 aliphatic carbocycles. The second kappa shape index (κ2) is 8.09. The zero-order valence-electron chi connectivity index (χ0n) is 14.9. The number of aromatic hydroxyl groups is 2. The van der Waals surface area contributed by atoms with E-state index in [1.807, 2.05) is 30.3 Å². The minimum absolute atomic E-state index is 0.123. The Labute approximate surface area is 156 Å². The molecule has 27 heavy (non-hydrogen) atoms. The predicted octanol–water partition coefficient (Wildman–Crippen LogP) is 1.91. The van der Waals surface area contributed by atoms with Gasteiger partial charge in [0.05, 0.1) is 26.4 Å². The number of amides is 1. The number of phenols is 2. The Kier molecular flexibility index (Phi) is 5.61. The number of rotatable bonds is 6. The summed E-state index contributed by atoms with van der Waals surface area (Å²) in [7, 11) is 1.26. The Morgan fingerprint density at radius 2 is 1.93 bits per heavy atom. The van der Waals surface area contributed by atoms with Crippen LogP contribution in [0.25, 0.3) is 0 Å². The normalized spacial score (nSPS) is 18.6. The van der Waals surface area contributed by atoms with E-state index in [1.165, 1.54) is 24.1 Å². The summed E-state index contributed by atoms with van der Waals surface area (Å²) in [6.45, 7) is 0.463. The maximum Gasteiger partial charge on any atom is 0.328 e. The average molecular weight is 371 g/mol. The molecular weight excluding hydrogens is 350 g/mol.